The van der Waals surface area contributed by atoms with Crippen LogP contribution in [0.15, 0.2) is 28.7 Å². The van der Waals surface area contributed by atoms with Crippen molar-refractivity contribution in [1.82, 2.24) is 4.90 Å². The Bertz CT molecular complexity index is 413. The Morgan fingerprint density at radius 2 is 2.11 bits per heavy atom. The van der Waals surface area contributed by atoms with Crippen molar-refractivity contribution in [3.8, 4) is 0 Å². The molecule has 0 saturated heterocycles. The highest BCUT2D eigenvalue weighted by Gasteiger charge is 2.19. The molecule has 1 aliphatic rings. The molecule has 18 heavy (non-hydrogen) atoms. The lowest BCUT2D eigenvalue weighted by atomic mass is 10.1. The standard InChI is InChI=1S/C15H20BrNO/c1-17(14-7-2-3-8-14)10-9-15(18)12-5-4-6-13(16)11-12/h4-6,11,14H,2-3,7-10H2,1H3. The van der Waals surface area contributed by atoms with Crippen molar-refractivity contribution in [2.24, 2.45) is 0 Å². The number of Topliss-reactive ketones (excluding diaryl/α,β-unsaturated/α-hetero) is 1. The van der Waals surface area contributed by atoms with E-state index in [2.05, 4.69) is 27.9 Å². The van der Waals surface area contributed by atoms with E-state index in [0.29, 0.717) is 12.5 Å². The van der Waals surface area contributed by atoms with Gasteiger partial charge in [-0.3, -0.25) is 4.79 Å². The third kappa shape index (κ3) is 3.66. The molecule has 0 N–H and O–H groups in total. The SMILES string of the molecule is CN(CCC(=O)c1cccc(Br)c1)C1CCCC1. The summed E-state index contributed by atoms with van der Waals surface area (Å²) < 4.78 is 0.970. The molecular formula is C15H20BrNO. The normalized spacial score (nSPS) is 16.4. The predicted molar refractivity (Wildman–Crippen MR) is 78.0 cm³/mol. The molecule has 0 unspecified atom stereocenters. The number of hydrogen-bond acceptors (Lipinski definition) is 2. The quantitative estimate of drug-likeness (QED) is 0.769. The van der Waals surface area contributed by atoms with Crippen molar-refractivity contribution in [3.63, 3.8) is 0 Å². The van der Waals surface area contributed by atoms with Crippen LogP contribution < -0.4 is 0 Å². The summed E-state index contributed by atoms with van der Waals surface area (Å²) in [5.74, 6) is 0.237. The van der Waals surface area contributed by atoms with Gasteiger partial charge in [-0.2, -0.15) is 0 Å². The van der Waals surface area contributed by atoms with Crippen LogP contribution >= 0.6 is 15.9 Å². The molecule has 1 saturated carbocycles. The summed E-state index contributed by atoms with van der Waals surface area (Å²) in [7, 11) is 2.14. The second kappa shape index (κ2) is 6.48. The maximum atomic E-state index is 12.1. The maximum absolute atomic E-state index is 12.1. The van der Waals surface area contributed by atoms with Crippen LogP contribution in [0.5, 0.6) is 0 Å². The van der Waals surface area contributed by atoms with E-state index in [1.54, 1.807) is 0 Å². The van der Waals surface area contributed by atoms with Crippen LogP contribution in [0, 0.1) is 0 Å². The fourth-order valence-electron chi connectivity index (χ4n) is 2.61. The van der Waals surface area contributed by atoms with Crippen molar-refractivity contribution in [3.05, 3.63) is 34.3 Å². The minimum Gasteiger partial charge on any atom is -0.303 e. The zero-order valence-corrected chi connectivity index (χ0v) is 12.4. The van der Waals surface area contributed by atoms with E-state index in [9.17, 15) is 4.79 Å². The van der Waals surface area contributed by atoms with Crippen molar-refractivity contribution in [2.45, 2.75) is 38.1 Å². The number of rotatable bonds is 5. The van der Waals surface area contributed by atoms with Gasteiger partial charge in [-0.15, -0.1) is 0 Å². The predicted octanol–water partition coefficient (Wildman–Crippen LogP) is 3.90. The Labute approximate surface area is 117 Å². The molecule has 0 spiro atoms. The number of hydrogen-bond donors (Lipinski definition) is 0. The largest absolute Gasteiger partial charge is 0.303 e. The topological polar surface area (TPSA) is 20.3 Å². The maximum Gasteiger partial charge on any atom is 0.164 e. The molecule has 0 aromatic heterocycles. The second-order valence-corrected chi connectivity index (χ2v) is 6.02. The van der Waals surface area contributed by atoms with Crippen LogP contribution in [0.3, 0.4) is 0 Å². The van der Waals surface area contributed by atoms with Crippen LogP contribution in [-0.2, 0) is 0 Å². The molecule has 0 heterocycles. The lowest BCUT2D eigenvalue weighted by Crippen LogP contribution is -2.31. The molecule has 0 amide bonds. The van der Waals surface area contributed by atoms with Crippen molar-refractivity contribution in [2.75, 3.05) is 13.6 Å². The molecule has 0 aliphatic heterocycles. The Kier molecular flexibility index (Phi) is 4.95. The second-order valence-electron chi connectivity index (χ2n) is 5.10. The van der Waals surface area contributed by atoms with Gasteiger partial charge >= 0.3 is 0 Å². The van der Waals surface area contributed by atoms with Gasteiger partial charge in [-0.1, -0.05) is 40.9 Å². The van der Waals surface area contributed by atoms with Crippen LogP contribution in [0.2, 0.25) is 0 Å². The zero-order valence-electron chi connectivity index (χ0n) is 10.9. The first kappa shape index (κ1) is 13.8. The molecule has 0 atom stereocenters. The van der Waals surface area contributed by atoms with E-state index in [0.717, 1.165) is 16.6 Å². The van der Waals surface area contributed by atoms with E-state index < -0.39 is 0 Å². The first-order chi connectivity index (χ1) is 8.66. The lowest BCUT2D eigenvalue weighted by Gasteiger charge is -2.23. The number of nitrogens with zero attached hydrogens (tertiary/aromatic N) is 1. The zero-order chi connectivity index (χ0) is 13.0. The van der Waals surface area contributed by atoms with Crippen LogP contribution in [0.1, 0.15) is 42.5 Å². The average Bonchev–Trinajstić information content (AvgIpc) is 2.89. The number of carbonyl (C=O) groups is 1. The van der Waals surface area contributed by atoms with Crippen molar-refractivity contribution in [1.29, 1.82) is 0 Å². The van der Waals surface area contributed by atoms with Crippen molar-refractivity contribution >= 4 is 21.7 Å². The minimum atomic E-state index is 0.237. The van der Waals surface area contributed by atoms with E-state index in [1.807, 2.05) is 24.3 Å². The smallest absolute Gasteiger partial charge is 0.164 e. The summed E-state index contributed by atoms with van der Waals surface area (Å²) in [6.45, 7) is 0.871. The number of ketones is 1. The monoisotopic (exact) mass is 309 g/mol. The van der Waals surface area contributed by atoms with Gasteiger partial charge in [0.2, 0.25) is 0 Å². The number of carbonyl (C=O) groups excluding carboxylic acids is 1. The number of benzene rings is 1. The molecule has 2 nitrogen and oxygen atoms in total. The van der Waals surface area contributed by atoms with Crippen LogP contribution in [0.4, 0.5) is 0 Å². The molecule has 0 bridgehead atoms. The fraction of sp³-hybridized carbons (Fsp3) is 0.533. The Morgan fingerprint density at radius 3 is 2.78 bits per heavy atom. The summed E-state index contributed by atoms with van der Waals surface area (Å²) in [4.78, 5) is 14.4. The summed E-state index contributed by atoms with van der Waals surface area (Å²) in [5.41, 5.74) is 0.809. The van der Waals surface area contributed by atoms with Gasteiger partial charge in [0.25, 0.3) is 0 Å². The highest BCUT2D eigenvalue weighted by molar-refractivity contribution is 9.10. The highest BCUT2D eigenvalue weighted by Crippen LogP contribution is 2.22. The average molecular weight is 310 g/mol. The molecule has 1 aromatic carbocycles. The molecule has 98 valence electrons. The summed E-state index contributed by atoms with van der Waals surface area (Å²) in [6.07, 6.45) is 5.88. The first-order valence-electron chi connectivity index (χ1n) is 6.66. The molecule has 0 radical (unpaired) electrons. The third-order valence-corrected chi connectivity index (χ3v) is 4.28. The Hall–Kier alpha value is -0.670. The van der Waals surface area contributed by atoms with Gasteiger partial charge in [0.05, 0.1) is 0 Å². The summed E-state index contributed by atoms with van der Waals surface area (Å²) in [6, 6.07) is 8.35. The van der Waals surface area contributed by atoms with Crippen LogP contribution in [0.25, 0.3) is 0 Å². The van der Waals surface area contributed by atoms with E-state index in [1.165, 1.54) is 25.7 Å². The fourth-order valence-corrected chi connectivity index (χ4v) is 3.01. The van der Waals surface area contributed by atoms with Crippen LogP contribution in [-0.4, -0.2) is 30.3 Å². The minimum absolute atomic E-state index is 0.237. The molecule has 2 rings (SSSR count). The molecule has 1 aliphatic carbocycles. The summed E-state index contributed by atoms with van der Waals surface area (Å²) >= 11 is 3.40. The van der Waals surface area contributed by atoms with Gasteiger partial charge in [-0.05, 0) is 32.0 Å². The van der Waals surface area contributed by atoms with E-state index in [-0.39, 0.29) is 5.78 Å². The third-order valence-electron chi connectivity index (χ3n) is 3.79. The van der Waals surface area contributed by atoms with Gasteiger partial charge in [-0.25, -0.2) is 0 Å². The Balaban J connectivity index is 1.84. The summed E-state index contributed by atoms with van der Waals surface area (Å²) in [5, 5.41) is 0. The van der Waals surface area contributed by atoms with Gasteiger partial charge in [0.1, 0.15) is 0 Å². The lowest BCUT2D eigenvalue weighted by molar-refractivity contribution is 0.0960. The molecular weight excluding hydrogens is 290 g/mol. The number of halogens is 1. The van der Waals surface area contributed by atoms with E-state index >= 15 is 0 Å². The molecule has 1 aromatic rings. The van der Waals surface area contributed by atoms with E-state index in [4.69, 9.17) is 0 Å². The van der Waals surface area contributed by atoms with Gasteiger partial charge < -0.3 is 4.90 Å². The Morgan fingerprint density at radius 1 is 1.39 bits per heavy atom. The first-order valence-corrected chi connectivity index (χ1v) is 7.45. The molecule has 1 fully saturated rings. The van der Waals surface area contributed by atoms with Crippen molar-refractivity contribution < 1.29 is 4.79 Å². The highest BCUT2D eigenvalue weighted by atomic mass is 79.9. The van der Waals surface area contributed by atoms with Gasteiger partial charge in [0, 0.05) is 29.0 Å². The molecule has 3 heteroatoms. The van der Waals surface area contributed by atoms with Gasteiger partial charge in [0.15, 0.2) is 5.78 Å².